The fourth-order valence-corrected chi connectivity index (χ4v) is 10.3. The predicted molar refractivity (Wildman–Crippen MR) is 249 cm³/mol. The van der Waals surface area contributed by atoms with E-state index in [2.05, 4.69) is 36.8 Å². The number of sulfone groups is 1. The van der Waals surface area contributed by atoms with Crippen LogP contribution < -0.4 is 18.9 Å². The number of fused-ring (bicyclic) bond motifs is 7. The van der Waals surface area contributed by atoms with Gasteiger partial charge in [0, 0.05) is 73.2 Å². The monoisotopic (exact) mass is 950 g/mol. The van der Waals surface area contributed by atoms with Crippen LogP contribution in [0.5, 0.6) is 23.1 Å². The summed E-state index contributed by atoms with van der Waals surface area (Å²) in [5.41, 5.74) is 3.98. The molecule has 1 N–H and O–H groups in total. The maximum Gasteiger partial charge on any atom is 0.345 e. The lowest BCUT2D eigenvalue weighted by atomic mass is 9.96. The molecule has 1 fully saturated rings. The lowest BCUT2D eigenvalue weighted by Gasteiger charge is -2.34. The summed E-state index contributed by atoms with van der Waals surface area (Å²) in [6.45, 7) is 5.98. The van der Waals surface area contributed by atoms with Crippen molar-refractivity contribution in [1.82, 2.24) is 29.7 Å². The summed E-state index contributed by atoms with van der Waals surface area (Å²) in [6.07, 6.45) is 1.82. The van der Waals surface area contributed by atoms with Gasteiger partial charge in [0.05, 0.1) is 21.0 Å². The molecule has 3 aliphatic heterocycles. The first-order valence-electron chi connectivity index (χ1n) is 21.1. The molecule has 7 aromatic rings. The van der Waals surface area contributed by atoms with Crippen molar-refractivity contribution in [2.24, 2.45) is 0 Å². The third kappa shape index (κ3) is 9.66. The highest BCUT2D eigenvalue weighted by Gasteiger charge is 2.30. The number of aliphatic carboxylic acids is 1. The molecule has 0 radical (unpaired) electrons. The van der Waals surface area contributed by atoms with Crippen molar-refractivity contribution in [2.45, 2.75) is 37.1 Å². The Bertz CT molecular complexity index is 3060. The zero-order valence-corrected chi connectivity index (χ0v) is 38.5. The van der Waals surface area contributed by atoms with E-state index in [-0.39, 0.29) is 36.2 Å². The van der Waals surface area contributed by atoms with Crippen molar-refractivity contribution in [3.8, 4) is 56.1 Å². The molecule has 0 saturated carbocycles. The predicted octanol–water partition coefficient (Wildman–Crippen LogP) is 8.03. The van der Waals surface area contributed by atoms with Crippen molar-refractivity contribution in [2.75, 3.05) is 52.6 Å². The lowest BCUT2D eigenvalue weighted by Crippen LogP contribution is -2.49. The highest BCUT2D eigenvalue weighted by Crippen LogP contribution is 2.49. The second kappa shape index (κ2) is 18.9. The summed E-state index contributed by atoms with van der Waals surface area (Å²) in [5.74, 6) is -0.198. The number of carboxylic acid groups (broad SMARTS) is 1. The third-order valence-corrected chi connectivity index (χ3v) is 14.3. The molecule has 0 amide bonds. The molecule has 0 aliphatic carbocycles. The van der Waals surface area contributed by atoms with E-state index in [9.17, 15) is 22.7 Å². The van der Waals surface area contributed by atoms with Crippen LogP contribution in [0.2, 0.25) is 5.02 Å². The Morgan fingerprint density at radius 2 is 1.76 bits per heavy atom. The Morgan fingerprint density at radius 1 is 0.970 bits per heavy atom. The number of hydrogen-bond donors (Lipinski definition) is 1. The number of piperazine rings is 1. The molecule has 18 heteroatoms. The quantitative estimate of drug-likeness (QED) is 0.148. The molecule has 3 aliphatic rings. The van der Waals surface area contributed by atoms with Gasteiger partial charge in [0.15, 0.2) is 15.7 Å². The van der Waals surface area contributed by atoms with Gasteiger partial charge in [-0.15, -0.1) is 11.3 Å². The van der Waals surface area contributed by atoms with Crippen molar-refractivity contribution in [3.05, 3.63) is 125 Å². The normalized spacial score (nSPS) is 17.1. The molecule has 2 atom stereocenters. The first-order chi connectivity index (χ1) is 31.8. The maximum atomic E-state index is 14.3. The minimum atomic E-state index is -3.59. The molecule has 1 saturated heterocycles. The molecule has 0 unspecified atom stereocenters. The molecule has 3 aromatic heterocycles. The number of ether oxygens (including phenoxy) is 4. The SMILES string of the molecule is Cc1c2ccc(c1Cl)O[C@H](CN1CCN(C)CC1)COc1ccc(OCc3ccnc(-c4ccccc4S(C)(=O)=O)n3)c(c1)C[C@H](C(=O)O)Oc1ncnc3sc(-c4ccc(F)cc4)c-2c13. The van der Waals surface area contributed by atoms with Gasteiger partial charge in [-0.3, -0.25) is 4.90 Å². The van der Waals surface area contributed by atoms with Gasteiger partial charge >= 0.3 is 5.97 Å². The van der Waals surface area contributed by atoms with Crippen LogP contribution in [-0.4, -0.2) is 114 Å². The Balaban J connectivity index is 1.13. The van der Waals surface area contributed by atoms with E-state index in [1.807, 2.05) is 19.1 Å². The average molecular weight is 951 g/mol. The Kier molecular flexibility index (Phi) is 12.9. The van der Waals surface area contributed by atoms with Crippen LogP contribution in [0.3, 0.4) is 0 Å². The minimum Gasteiger partial charge on any atom is -0.490 e. The van der Waals surface area contributed by atoms with E-state index in [4.69, 9.17) is 30.5 Å². The topological polar surface area (TPSA) is 166 Å². The van der Waals surface area contributed by atoms with Gasteiger partial charge in [-0.1, -0.05) is 41.9 Å². The van der Waals surface area contributed by atoms with Crippen molar-refractivity contribution in [3.63, 3.8) is 0 Å². The van der Waals surface area contributed by atoms with E-state index >= 15 is 0 Å². The summed E-state index contributed by atoms with van der Waals surface area (Å²) in [5, 5.41) is 11.7. The number of likely N-dealkylation sites (N-methyl/N-ethyl adjacent to an activating group) is 1. The van der Waals surface area contributed by atoms with Crippen LogP contribution in [0.4, 0.5) is 4.39 Å². The van der Waals surface area contributed by atoms with Crippen LogP contribution in [0.15, 0.2) is 102 Å². The largest absolute Gasteiger partial charge is 0.490 e. The van der Waals surface area contributed by atoms with E-state index in [1.54, 1.807) is 54.6 Å². The Morgan fingerprint density at radius 3 is 2.53 bits per heavy atom. The molecule has 66 heavy (non-hydrogen) atoms. The van der Waals surface area contributed by atoms with Crippen LogP contribution in [0.1, 0.15) is 16.8 Å². The zero-order valence-electron chi connectivity index (χ0n) is 36.1. The molecule has 4 aromatic carbocycles. The summed E-state index contributed by atoms with van der Waals surface area (Å²) in [7, 11) is -1.49. The van der Waals surface area contributed by atoms with E-state index in [1.165, 1.54) is 42.1 Å². The second-order valence-electron chi connectivity index (χ2n) is 16.2. The van der Waals surface area contributed by atoms with Crippen molar-refractivity contribution >= 4 is 49.0 Å². The number of halogens is 2. The van der Waals surface area contributed by atoms with Gasteiger partial charge < -0.3 is 29.0 Å². The van der Waals surface area contributed by atoms with Gasteiger partial charge in [0.1, 0.15) is 53.5 Å². The number of nitrogens with zero attached hydrogens (tertiary/aromatic N) is 6. The summed E-state index contributed by atoms with van der Waals surface area (Å²) in [4.78, 5) is 37.3. The number of rotatable bonds is 9. The number of hydrogen-bond acceptors (Lipinski definition) is 14. The fraction of sp³-hybridized carbons (Fsp3) is 0.271. The number of benzene rings is 4. The molecule has 6 heterocycles. The van der Waals surface area contributed by atoms with Crippen molar-refractivity contribution < 1.29 is 41.7 Å². The van der Waals surface area contributed by atoms with Crippen LogP contribution >= 0.6 is 22.9 Å². The maximum absolute atomic E-state index is 14.3. The highest BCUT2D eigenvalue weighted by molar-refractivity contribution is 7.90. The number of aromatic nitrogens is 4. The zero-order chi connectivity index (χ0) is 46.1. The van der Waals surface area contributed by atoms with Crippen LogP contribution in [0.25, 0.3) is 43.2 Å². The van der Waals surface area contributed by atoms with Gasteiger partial charge in [-0.05, 0) is 85.3 Å². The molecular formula is C48H44ClFN6O8S2. The number of carbonyl (C=O) groups is 1. The first-order valence-corrected chi connectivity index (χ1v) is 24.2. The lowest BCUT2D eigenvalue weighted by molar-refractivity contribution is -0.145. The van der Waals surface area contributed by atoms with Crippen molar-refractivity contribution in [1.29, 1.82) is 0 Å². The van der Waals surface area contributed by atoms with Gasteiger partial charge in [0.2, 0.25) is 12.0 Å². The Labute approximate surface area is 389 Å². The van der Waals surface area contributed by atoms with Gasteiger partial charge in [-0.25, -0.2) is 37.5 Å². The minimum absolute atomic E-state index is 0.0252. The molecule has 340 valence electrons. The van der Waals surface area contributed by atoms with E-state index < -0.39 is 33.8 Å². The standard InChI is InChI=1S/C48H44ClFN6O8S2/c1-28-35-13-15-38(43(28)49)63-34(24-56-20-18-55(2)19-21-56)26-61-33-12-14-37(62-25-32-16-17-51-45(54-32)36-6-4-5-7-40(36)66(3,59)60)30(22-33)23-39(48(57)58)64-46-42-41(35)44(65-47(42)53-27-52-46)29-8-10-31(50)11-9-29/h4-17,22,27,34,39H,18-21,23-26H2,1-3H3,(H,57,58)/t34-,39-/m1/s1. The number of thiophene rings is 1. The van der Waals surface area contributed by atoms with E-state index in [0.717, 1.165) is 37.3 Å². The smallest absolute Gasteiger partial charge is 0.345 e. The van der Waals surface area contributed by atoms with Crippen LogP contribution in [-0.2, 0) is 27.7 Å². The second-order valence-corrected chi connectivity index (χ2v) is 19.6. The van der Waals surface area contributed by atoms with E-state index in [0.29, 0.717) is 78.1 Å². The summed E-state index contributed by atoms with van der Waals surface area (Å²) < 4.78 is 65.5. The van der Waals surface area contributed by atoms with Gasteiger partial charge in [-0.2, -0.15) is 0 Å². The fourth-order valence-electron chi connectivity index (χ4n) is 8.08. The molecule has 0 spiro atoms. The molecule has 4 bridgehead atoms. The summed E-state index contributed by atoms with van der Waals surface area (Å²) >= 11 is 8.56. The summed E-state index contributed by atoms with van der Waals surface area (Å²) in [6, 6.07) is 23.1. The first kappa shape index (κ1) is 44.9. The van der Waals surface area contributed by atoms with Crippen LogP contribution in [0, 0.1) is 12.7 Å². The molecule has 10 rings (SSSR count). The average Bonchev–Trinajstić information content (AvgIpc) is 3.70. The third-order valence-electron chi connectivity index (χ3n) is 11.6. The molecular weight excluding hydrogens is 907 g/mol. The Hall–Kier alpha value is -6.24. The molecule has 14 nitrogen and oxygen atoms in total. The van der Waals surface area contributed by atoms with Gasteiger partial charge in [0.25, 0.3) is 0 Å². The highest BCUT2D eigenvalue weighted by atomic mass is 35.5. The number of carboxylic acids is 1.